The van der Waals surface area contributed by atoms with Gasteiger partial charge in [0, 0.05) is 21.7 Å². The Labute approximate surface area is 89.1 Å². The first kappa shape index (κ1) is 14.0. The molecule has 0 saturated carbocycles. The molecule has 0 aromatic heterocycles. The van der Waals surface area contributed by atoms with Crippen molar-refractivity contribution in [2.24, 2.45) is 5.92 Å². The average Bonchev–Trinajstić information content (AvgIpc) is 1.98. The van der Waals surface area contributed by atoms with E-state index in [2.05, 4.69) is 33.8 Å². The first-order valence-corrected chi connectivity index (χ1v) is 3.40. The van der Waals surface area contributed by atoms with Crippen LogP contribution in [0.4, 0.5) is 0 Å². The summed E-state index contributed by atoms with van der Waals surface area (Å²) < 4.78 is 0. The fraction of sp³-hybridized carbons (Fsp3) is 0.556. The van der Waals surface area contributed by atoms with Gasteiger partial charge in [0.2, 0.25) is 0 Å². The molecule has 0 aromatic rings. The Kier molecular flexibility index (Phi) is 6.51. The third kappa shape index (κ3) is 2.73. The smallest absolute Gasteiger partial charge is 0 e. The molecule has 0 nitrogen and oxygen atoms in total. The van der Waals surface area contributed by atoms with Gasteiger partial charge in [-0.05, 0) is 11.0 Å². The van der Waals surface area contributed by atoms with E-state index in [-0.39, 0.29) is 32.7 Å². The van der Waals surface area contributed by atoms with Gasteiger partial charge >= 0.3 is 0 Å². The molecule has 0 bridgehead atoms. The van der Waals surface area contributed by atoms with Gasteiger partial charge in [-0.25, -0.2) is 5.57 Å². The van der Waals surface area contributed by atoms with Crippen molar-refractivity contribution in [2.45, 2.75) is 27.7 Å². The largest absolute Gasteiger partial charge is 0.266 e. The zero-order valence-corrected chi connectivity index (χ0v) is 8.64. The molecule has 0 aromatic carbocycles. The number of rotatable bonds is 0. The predicted molar refractivity (Wildman–Crippen MR) is 51.3 cm³/mol. The van der Waals surface area contributed by atoms with Crippen LogP contribution < -0.4 is 0 Å². The van der Waals surface area contributed by atoms with Gasteiger partial charge in [0.05, 0.1) is 0 Å². The molecule has 0 saturated heterocycles. The zero-order chi connectivity index (χ0) is 7.02. The zero-order valence-electron chi connectivity index (χ0n) is 7.08. The second kappa shape index (κ2) is 5.13. The van der Waals surface area contributed by atoms with Crippen molar-refractivity contribution in [1.29, 1.82) is 0 Å². The average molecular weight is 201 g/mol. The van der Waals surface area contributed by atoms with E-state index in [0.717, 1.165) is 0 Å². The molecule has 0 fully saturated rings. The summed E-state index contributed by atoms with van der Waals surface area (Å²) >= 11 is 0. The molecule has 11 heavy (non-hydrogen) atoms. The van der Waals surface area contributed by atoms with Gasteiger partial charge in [0.25, 0.3) is 0 Å². The van der Waals surface area contributed by atoms with E-state index in [1.165, 1.54) is 16.7 Å². The first-order chi connectivity index (χ1) is 4.13. The molecule has 62 valence electrons. The van der Waals surface area contributed by atoms with Gasteiger partial charge < -0.3 is 0 Å². The second-order valence-electron chi connectivity index (χ2n) is 2.80. The van der Waals surface area contributed by atoms with Crippen LogP contribution in [0.3, 0.4) is 0 Å². The van der Waals surface area contributed by atoms with Crippen molar-refractivity contribution >= 4 is 11.0 Å². The van der Waals surface area contributed by atoms with Gasteiger partial charge in [0.15, 0.2) is 0 Å². The summed E-state index contributed by atoms with van der Waals surface area (Å²) in [5.74, 6) is 0.560. The molecule has 0 spiro atoms. The minimum Gasteiger partial charge on any atom is -0.266 e. The van der Waals surface area contributed by atoms with Crippen LogP contribution in [0.25, 0.3) is 0 Å². The number of allylic oxidation sites excluding steroid dienone is 4. The minimum absolute atomic E-state index is 0. The minimum atomic E-state index is 0. The summed E-state index contributed by atoms with van der Waals surface area (Å²) in [7, 11) is 0. The molecule has 2 heteroatoms. The van der Waals surface area contributed by atoms with E-state index in [0.29, 0.717) is 5.92 Å². The third-order valence-corrected chi connectivity index (χ3v) is 2.24. The molecule has 0 N–H and O–H groups in total. The van der Waals surface area contributed by atoms with Crippen LogP contribution in [0.1, 0.15) is 27.7 Å². The summed E-state index contributed by atoms with van der Waals surface area (Å²) in [4.78, 5) is 0. The van der Waals surface area contributed by atoms with Gasteiger partial charge in [-0.1, -0.05) is 26.7 Å². The topological polar surface area (TPSA) is 0 Å². The molecule has 0 aliphatic heterocycles. The van der Waals surface area contributed by atoms with Crippen LogP contribution in [0.2, 0.25) is 0 Å². The van der Waals surface area contributed by atoms with Crippen LogP contribution >= 0.6 is 0 Å². The van der Waals surface area contributed by atoms with Gasteiger partial charge in [0.1, 0.15) is 0 Å². The Hall–Kier alpha value is 0.411. The molecular formula is C9H17SiTi-. The van der Waals surface area contributed by atoms with E-state index < -0.39 is 0 Å². The Bertz CT molecular complexity index is 192. The van der Waals surface area contributed by atoms with E-state index in [9.17, 15) is 0 Å². The fourth-order valence-electron chi connectivity index (χ4n) is 1.16. The van der Waals surface area contributed by atoms with Gasteiger partial charge in [-0.2, -0.15) is 11.1 Å². The quantitative estimate of drug-likeness (QED) is 0.409. The summed E-state index contributed by atoms with van der Waals surface area (Å²) in [6, 6.07) is 0. The van der Waals surface area contributed by atoms with Crippen LogP contribution in [-0.2, 0) is 21.7 Å². The normalized spacial score (nSPS) is 22.2. The van der Waals surface area contributed by atoms with E-state index in [4.69, 9.17) is 0 Å². The third-order valence-electron chi connectivity index (χ3n) is 2.24. The van der Waals surface area contributed by atoms with E-state index >= 15 is 0 Å². The van der Waals surface area contributed by atoms with Gasteiger partial charge in [-0.3, -0.25) is 6.08 Å². The fourth-order valence-corrected chi connectivity index (χ4v) is 1.16. The second-order valence-corrected chi connectivity index (χ2v) is 2.80. The molecule has 1 aliphatic carbocycles. The standard InChI is InChI=1S/C9H13.H4Si.Ti/c1-6-5-7(2)9(4)8(6)3;;/h6H,1-4H3;1H4;/q-1;;. The molecule has 1 rings (SSSR count). The van der Waals surface area contributed by atoms with Gasteiger partial charge in [-0.15, -0.1) is 6.92 Å². The van der Waals surface area contributed by atoms with E-state index in [1.54, 1.807) is 0 Å². The molecule has 1 atom stereocenters. The Balaban J connectivity index is 0. The van der Waals surface area contributed by atoms with Crippen molar-refractivity contribution in [3.8, 4) is 0 Å². The molecule has 1 aliphatic rings. The molecular weight excluding hydrogens is 184 g/mol. The molecule has 1 unspecified atom stereocenters. The van der Waals surface area contributed by atoms with Crippen molar-refractivity contribution in [3.63, 3.8) is 0 Å². The summed E-state index contributed by atoms with van der Waals surface area (Å²) in [6.45, 7) is 8.67. The Morgan fingerprint density at radius 3 is 1.73 bits per heavy atom. The van der Waals surface area contributed by atoms with Crippen molar-refractivity contribution in [3.05, 3.63) is 22.8 Å². The first-order valence-electron chi connectivity index (χ1n) is 3.40. The van der Waals surface area contributed by atoms with Crippen LogP contribution in [-0.4, -0.2) is 11.0 Å². The maximum Gasteiger partial charge on any atom is 0 e. The van der Waals surface area contributed by atoms with Crippen molar-refractivity contribution in [2.75, 3.05) is 0 Å². The number of hydrogen-bond acceptors (Lipinski definition) is 0. The molecule has 0 heterocycles. The summed E-state index contributed by atoms with van der Waals surface area (Å²) in [5, 5.41) is 0. The summed E-state index contributed by atoms with van der Waals surface area (Å²) in [5.41, 5.74) is 4.25. The van der Waals surface area contributed by atoms with Crippen molar-refractivity contribution in [1.82, 2.24) is 0 Å². The molecule has 0 amide bonds. The monoisotopic (exact) mass is 201 g/mol. The number of hydrogen-bond donors (Lipinski definition) is 0. The SMILES string of the molecule is CC1=[C-]C(C)C(C)=C1C.[SiH4].[Ti]. The van der Waals surface area contributed by atoms with Crippen LogP contribution in [0, 0.1) is 12.0 Å². The maximum absolute atomic E-state index is 3.36. The van der Waals surface area contributed by atoms with Crippen LogP contribution in [0.15, 0.2) is 16.7 Å². The predicted octanol–water partition coefficient (Wildman–Crippen LogP) is 1.27. The Morgan fingerprint density at radius 2 is 1.64 bits per heavy atom. The maximum atomic E-state index is 3.36. The molecule has 0 radical (unpaired) electrons. The van der Waals surface area contributed by atoms with Crippen molar-refractivity contribution < 1.29 is 21.7 Å². The Morgan fingerprint density at radius 1 is 1.18 bits per heavy atom. The van der Waals surface area contributed by atoms with E-state index in [1.807, 2.05) is 0 Å². The summed E-state index contributed by atoms with van der Waals surface area (Å²) in [6.07, 6.45) is 3.36. The van der Waals surface area contributed by atoms with Crippen LogP contribution in [0.5, 0.6) is 0 Å².